The van der Waals surface area contributed by atoms with E-state index in [1.165, 1.54) is 10.3 Å². The maximum absolute atomic E-state index is 5.83. The molecule has 1 aliphatic carbocycles. The summed E-state index contributed by atoms with van der Waals surface area (Å²) in [6.07, 6.45) is 3.94. The topological polar surface area (TPSA) is 55.0 Å². The predicted molar refractivity (Wildman–Crippen MR) is 76.1 cm³/mol. The third kappa shape index (κ3) is 2.08. The van der Waals surface area contributed by atoms with Crippen LogP contribution in [0, 0.1) is 12.8 Å². The Hall–Kier alpha value is -1.20. The highest BCUT2D eigenvalue weighted by Gasteiger charge is 2.27. The molecular formula is C13H18N4S. The summed E-state index contributed by atoms with van der Waals surface area (Å²) >= 11 is 1.72. The maximum atomic E-state index is 5.83. The average Bonchev–Trinajstić information content (AvgIpc) is 2.66. The van der Waals surface area contributed by atoms with Crippen molar-refractivity contribution in [1.29, 1.82) is 0 Å². The summed E-state index contributed by atoms with van der Waals surface area (Å²) in [5, 5.41) is 1.17. The molecule has 0 bridgehead atoms. The minimum atomic E-state index is 0.414. The molecule has 0 atom stereocenters. The second kappa shape index (κ2) is 4.48. The number of aryl methyl sites for hydroxylation is 1. The van der Waals surface area contributed by atoms with Gasteiger partial charge in [0.2, 0.25) is 0 Å². The Kier molecular flexibility index (Phi) is 2.95. The van der Waals surface area contributed by atoms with Crippen LogP contribution in [0.15, 0.2) is 12.4 Å². The van der Waals surface area contributed by atoms with Crippen molar-refractivity contribution >= 4 is 27.4 Å². The van der Waals surface area contributed by atoms with Gasteiger partial charge >= 0.3 is 0 Å². The van der Waals surface area contributed by atoms with Gasteiger partial charge in [-0.2, -0.15) is 0 Å². The van der Waals surface area contributed by atoms with Crippen LogP contribution in [0.2, 0.25) is 0 Å². The maximum Gasteiger partial charge on any atom is 0.140 e. The van der Waals surface area contributed by atoms with Crippen LogP contribution < -0.4 is 10.6 Å². The minimum Gasteiger partial charge on any atom is -0.359 e. The normalized spacial score (nSPS) is 23.1. The van der Waals surface area contributed by atoms with E-state index < -0.39 is 0 Å². The van der Waals surface area contributed by atoms with Crippen molar-refractivity contribution in [2.75, 3.05) is 18.5 Å². The Morgan fingerprint density at radius 2 is 2.22 bits per heavy atom. The van der Waals surface area contributed by atoms with Gasteiger partial charge in [0.1, 0.15) is 17.0 Å². The van der Waals surface area contributed by atoms with E-state index in [-0.39, 0.29) is 0 Å². The van der Waals surface area contributed by atoms with E-state index in [0.29, 0.717) is 6.04 Å². The summed E-state index contributed by atoms with van der Waals surface area (Å²) in [6.45, 7) is 3.15. The molecule has 18 heavy (non-hydrogen) atoms. The minimum absolute atomic E-state index is 0.414. The predicted octanol–water partition coefficient (Wildman–Crippen LogP) is 2.17. The van der Waals surface area contributed by atoms with E-state index >= 15 is 0 Å². The van der Waals surface area contributed by atoms with Gasteiger partial charge in [0.25, 0.3) is 0 Å². The van der Waals surface area contributed by atoms with Crippen LogP contribution in [0.1, 0.15) is 17.7 Å². The SMILES string of the molecule is Cc1cc2c(N(C)CC3CC(N)C3)ncnc2s1. The number of nitrogens with two attached hydrogens (primary N) is 1. The summed E-state index contributed by atoms with van der Waals surface area (Å²) in [5.41, 5.74) is 5.83. The molecule has 1 saturated carbocycles. The number of rotatable bonds is 3. The standard InChI is InChI=1S/C13H18N4S/c1-8-3-11-12(15-7-16-13(11)18-8)17(2)6-9-4-10(14)5-9/h3,7,9-10H,4-6,14H2,1-2H3. The lowest BCUT2D eigenvalue weighted by Crippen LogP contribution is -2.42. The smallest absolute Gasteiger partial charge is 0.140 e. The Balaban J connectivity index is 1.84. The zero-order valence-corrected chi connectivity index (χ0v) is 11.6. The second-order valence-electron chi connectivity index (χ2n) is 5.25. The van der Waals surface area contributed by atoms with E-state index in [4.69, 9.17) is 5.73 Å². The number of fused-ring (bicyclic) bond motifs is 1. The zero-order valence-electron chi connectivity index (χ0n) is 10.8. The van der Waals surface area contributed by atoms with E-state index in [1.54, 1.807) is 17.7 Å². The van der Waals surface area contributed by atoms with Crippen molar-refractivity contribution in [2.45, 2.75) is 25.8 Å². The fourth-order valence-corrected chi connectivity index (χ4v) is 3.52. The first-order valence-corrected chi connectivity index (χ1v) is 7.13. The summed E-state index contributed by atoms with van der Waals surface area (Å²) in [7, 11) is 2.11. The Morgan fingerprint density at radius 3 is 2.94 bits per heavy atom. The highest BCUT2D eigenvalue weighted by molar-refractivity contribution is 7.18. The van der Waals surface area contributed by atoms with Crippen LogP contribution in [0.3, 0.4) is 0 Å². The van der Waals surface area contributed by atoms with E-state index in [0.717, 1.165) is 36.0 Å². The fourth-order valence-electron chi connectivity index (χ4n) is 2.68. The van der Waals surface area contributed by atoms with Crippen LogP contribution in [0.25, 0.3) is 10.2 Å². The summed E-state index contributed by atoms with van der Waals surface area (Å²) < 4.78 is 0. The van der Waals surface area contributed by atoms with Crippen molar-refractivity contribution in [3.8, 4) is 0 Å². The third-order valence-corrected chi connectivity index (χ3v) is 4.56. The molecule has 0 unspecified atom stereocenters. The molecule has 0 saturated heterocycles. The average molecular weight is 262 g/mol. The Bertz CT molecular complexity index is 559. The van der Waals surface area contributed by atoms with Crippen molar-refractivity contribution in [1.82, 2.24) is 9.97 Å². The fraction of sp³-hybridized carbons (Fsp3) is 0.538. The lowest BCUT2D eigenvalue weighted by Gasteiger charge is -2.35. The first-order chi connectivity index (χ1) is 8.63. The van der Waals surface area contributed by atoms with Gasteiger partial charge in [0, 0.05) is 24.5 Å². The molecular weight excluding hydrogens is 244 g/mol. The van der Waals surface area contributed by atoms with Crippen molar-refractivity contribution < 1.29 is 0 Å². The summed E-state index contributed by atoms with van der Waals surface area (Å²) in [5.74, 6) is 1.76. The highest BCUT2D eigenvalue weighted by atomic mass is 32.1. The zero-order chi connectivity index (χ0) is 12.7. The molecule has 2 N–H and O–H groups in total. The Morgan fingerprint density at radius 1 is 1.44 bits per heavy atom. The molecule has 2 heterocycles. The van der Waals surface area contributed by atoms with Crippen LogP contribution in [0.4, 0.5) is 5.82 Å². The van der Waals surface area contributed by atoms with E-state index in [9.17, 15) is 0 Å². The Labute approximate surface area is 111 Å². The van der Waals surface area contributed by atoms with Crippen molar-refractivity contribution in [3.05, 3.63) is 17.3 Å². The molecule has 4 nitrogen and oxygen atoms in total. The first-order valence-electron chi connectivity index (χ1n) is 6.31. The van der Waals surface area contributed by atoms with Crippen LogP contribution in [-0.4, -0.2) is 29.6 Å². The lowest BCUT2D eigenvalue weighted by atomic mass is 9.80. The number of hydrogen-bond donors (Lipinski definition) is 1. The van der Waals surface area contributed by atoms with E-state index in [2.05, 4.69) is 34.9 Å². The van der Waals surface area contributed by atoms with Crippen LogP contribution >= 0.6 is 11.3 Å². The number of anilines is 1. The summed E-state index contributed by atoms with van der Waals surface area (Å²) in [6, 6.07) is 2.59. The van der Waals surface area contributed by atoms with Crippen LogP contribution in [-0.2, 0) is 0 Å². The molecule has 0 radical (unpaired) electrons. The number of thiophene rings is 1. The molecule has 0 aliphatic heterocycles. The van der Waals surface area contributed by atoms with Gasteiger partial charge in [-0.15, -0.1) is 11.3 Å². The van der Waals surface area contributed by atoms with Gasteiger partial charge in [0.05, 0.1) is 5.39 Å². The van der Waals surface area contributed by atoms with Gasteiger partial charge < -0.3 is 10.6 Å². The quantitative estimate of drug-likeness (QED) is 0.921. The molecule has 2 aromatic rings. The van der Waals surface area contributed by atoms with Gasteiger partial charge in [0.15, 0.2) is 0 Å². The van der Waals surface area contributed by atoms with Crippen LogP contribution in [0.5, 0.6) is 0 Å². The molecule has 0 aromatic carbocycles. The summed E-state index contributed by atoms with van der Waals surface area (Å²) in [4.78, 5) is 13.4. The first kappa shape index (κ1) is 11.9. The monoisotopic (exact) mass is 262 g/mol. The molecule has 5 heteroatoms. The second-order valence-corrected chi connectivity index (χ2v) is 6.49. The number of nitrogens with zero attached hydrogens (tertiary/aromatic N) is 3. The molecule has 2 aromatic heterocycles. The van der Waals surface area contributed by atoms with Gasteiger partial charge in [-0.05, 0) is 31.7 Å². The largest absolute Gasteiger partial charge is 0.359 e. The molecule has 1 fully saturated rings. The van der Waals surface area contributed by atoms with Crippen molar-refractivity contribution in [3.63, 3.8) is 0 Å². The molecule has 96 valence electrons. The number of hydrogen-bond acceptors (Lipinski definition) is 5. The van der Waals surface area contributed by atoms with E-state index in [1.807, 2.05) is 0 Å². The third-order valence-electron chi connectivity index (χ3n) is 3.60. The van der Waals surface area contributed by atoms with Gasteiger partial charge in [-0.25, -0.2) is 9.97 Å². The molecule has 0 spiro atoms. The van der Waals surface area contributed by atoms with Gasteiger partial charge in [-0.3, -0.25) is 0 Å². The van der Waals surface area contributed by atoms with Gasteiger partial charge in [-0.1, -0.05) is 0 Å². The number of aromatic nitrogens is 2. The highest BCUT2D eigenvalue weighted by Crippen LogP contribution is 2.32. The van der Waals surface area contributed by atoms with Crippen molar-refractivity contribution in [2.24, 2.45) is 11.7 Å². The lowest BCUT2D eigenvalue weighted by molar-refractivity contribution is 0.271. The molecule has 0 amide bonds. The molecule has 1 aliphatic rings. The molecule has 3 rings (SSSR count).